The third kappa shape index (κ3) is 7.28. The normalized spacial score (nSPS) is 14.5. The van der Waals surface area contributed by atoms with Gasteiger partial charge in [0, 0.05) is 24.6 Å². The minimum Gasteiger partial charge on any atom is -0.311 e. The molecule has 0 saturated carbocycles. The van der Waals surface area contributed by atoms with Crippen LogP contribution in [-0.4, -0.2) is 20.2 Å². The van der Waals surface area contributed by atoms with Gasteiger partial charge in [0.15, 0.2) is 0 Å². The van der Waals surface area contributed by atoms with Gasteiger partial charge in [-0.15, -0.1) is 0 Å². The Morgan fingerprint density at radius 1 is 1.11 bits per heavy atom. The number of benzene rings is 1. The second kappa shape index (κ2) is 6.55. The van der Waals surface area contributed by atoms with Gasteiger partial charge in [-0.25, -0.2) is 0 Å². The molecule has 0 bridgehead atoms. The summed E-state index contributed by atoms with van der Waals surface area (Å²) in [7, 11) is -1.06. The van der Waals surface area contributed by atoms with Crippen molar-refractivity contribution >= 4 is 24.0 Å². The predicted octanol–water partition coefficient (Wildman–Crippen LogP) is 5.26. The van der Waals surface area contributed by atoms with Crippen LogP contribution in [0.2, 0.25) is 25.7 Å². The minimum absolute atomic E-state index is 0.188. The smallest absolute Gasteiger partial charge is 0.0449 e. The highest BCUT2D eigenvalue weighted by molar-refractivity contribution is 9.10. The van der Waals surface area contributed by atoms with E-state index in [9.17, 15) is 0 Å². The van der Waals surface area contributed by atoms with Crippen LogP contribution in [-0.2, 0) is 0 Å². The van der Waals surface area contributed by atoms with Gasteiger partial charge in [-0.3, -0.25) is 0 Å². The molecule has 1 aromatic carbocycles. The van der Waals surface area contributed by atoms with Gasteiger partial charge in [0.25, 0.3) is 0 Å². The van der Waals surface area contributed by atoms with Crippen molar-refractivity contribution in [1.82, 2.24) is 5.32 Å². The SMILES string of the molecule is CC(C)(C)NCC(C[Si](C)(C)C)c1ccc(Br)cc1. The Morgan fingerprint density at radius 2 is 1.63 bits per heavy atom. The van der Waals surface area contributed by atoms with Gasteiger partial charge in [0.1, 0.15) is 0 Å². The first-order chi connectivity index (χ1) is 8.57. The van der Waals surface area contributed by atoms with Crippen molar-refractivity contribution in [2.45, 2.75) is 57.9 Å². The molecule has 1 N–H and O–H groups in total. The fraction of sp³-hybridized carbons (Fsp3) is 0.625. The highest BCUT2D eigenvalue weighted by Crippen LogP contribution is 2.27. The molecule has 1 nitrogen and oxygen atoms in total. The van der Waals surface area contributed by atoms with Crippen molar-refractivity contribution < 1.29 is 0 Å². The Labute approximate surface area is 128 Å². The number of nitrogens with one attached hydrogen (secondary N) is 1. The van der Waals surface area contributed by atoms with E-state index < -0.39 is 8.07 Å². The Hall–Kier alpha value is -0.123. The molecule has 1 unspecified atom stereocenters. The van der Waals surface area contributed by atoms with Gasteiger partial charge in [0.05, 0.1) is 0 Å². The summed E-state index contributed by atoms with van der Waals surface area (Å²) in [5.74, 6) is 0.624. The van der Waals surface area contributed by atoms with E-state index in [0.29, 0.717) is 5.92 Å². The van der Waals surface area contributed by atoms with Crippen molar-refractivity contribution in [2.24, 2.45) is 0 Å². The van der Waals surface area contributed by atoms with Crippen LogP contribution in [0, 0.1) is 0 Å². The molecule has 0 spiro atoms. The second-order valence-corrected chi connectivity index (χ2v) is 14.1. The van der Waals surface area contributed by atoms with E-state index >= 15 is 0 Å². The van der Waals surface area contributed by atoms with Gasteiger partial charge in [-0.2, -0.15) is 0 Å². The summed E-state index contributed by atoms with van der Waals surface area (Å²) < 4.78 is 1.16. The quantitative estimate of drug-likeness (QED) is 0.720. The van der Waals surface area contributed by atoms with E-state index in [1.54, 1.807) is 0 Å². The molecule has 0 aliphatic rings. The highest BCUT2D eigenvalue weighted by atomic mass is 79.9. The zero-order chi connectivity index (χ0) is 14.7. The molecule has 0 aromatic heterocycles. The molecular formula is C16H28BrNSi. The summed E-state index contributed by atoms with van der Waals surface area (Å²) in [5.41, 5.74) is 1.65. The van der Waals surface area contributed by atoms with Crippen LogP contribution in [0.15, 0.2) is 28.7 Å². The largest absolute Gasteiger partial charge is 0.311 e. The summed E-state index contributed by atoms with van der Waals surface area (Å²) in [6.45, 7) is 15.1. The zero-order valence-corrected chi connectivity index (χ0v) is 15.8. The summed E-state index contributed by atoms with van der Waals surface area (Å²) >= 11 is 3.52. The first-order valence-corrected chi connectivity index (χ1v) is 11.6. The second-order valence-electron chi connectivity index (χ2n) is 7.64. The molecule has 0 saturated heterocycles. The first kappa shape index (κ1) is 16.9. The summed E-state index contributed by atoms with van der Waals surface area (Å²) in [6.07, 6.45) is 0. The summed E-state index contributed by atoms with van der Waals surface area (Å²) in [6, 6.07) is 10.2. The maximum absolute atomic E-state index is 3.67. The van der Waals surface area contributed by atoms with Crippen molar-refractivity contribution in [3.05, 3.63) is 34.3 Å². The van der Waals surface area contributed by atoms with E-state index in [2.05, 4.69) is 85.9 Å². The number of hydrogen-bond donors (Lipinski definition) is 1. The molecule has 19 heavy (non-hydrogen) atoms. The highest BCUT2D eigenvalue weighted by Gasteiger charge is 2.23. The van der Waals surface area contributed by atoms with Crippen LogP contribution in [0.25, 0.3) is 0 Å². The molecule has 1 aromatic rings. The van der Waals surface area contributed by atoms with Crippen LogP contribution in [0.3, 0.4) is 0 Å². The fourth-order valence-electron chi connectivity index (χ4n) is 2.21. The molecule has 0 aliphatic carbocycles. The Bertz CT molecular complexity index is 387. The van der Waals surface area contributed by atoms with Crippen molar-refractivity contribution in [2.75, 3.05) is 6.54 Å². The van der Waals surface area contributed by atoms with E-state index in [0.717, 1.165) is 11.0 Å². The van der Waals surface area contributed by atoms with Crippen LogP contribution < -0.4 is 5.32 Å². The van der Waals surface area contributed by atoms with Crippen molar-refractivity contribution in [1.29, 1.82) is 0 Å². The van der Waals surface area contributed by atoms with Gasteiger partial charge in [-0.1, -0.05) is 47.7 Å². The molecule has 0 aliphatic heterocycles. The number of rotatable bonds is 5. The Morgan fingerprint density at radius 3 is 2.05 bits per heavy atom. The lowest BCUT2D eigenvalue weighted by Crippen LogP contribution is -2.40. The van der Waals surface area contributed by atoms with Crippen LogP contribution in [0.5, 0.6) is 0 Å². The molecule has 3 heteroatoms. The minimum atomic E-state index is -1.06. The van der Waals surface area contributed by atoms with Crippen molar-refractivity contribution in [3.8, 4) is 0 Å². The van der Waals surface area contributed by atoms with Crippen LogP contribution >= 0.6 is 15.9 Å². The first-order valence-electron chi connectivity index (χ1n) is 7.07. The summed E-state index contributed by atoms with van der Waals surface area (Å²) in [4.78, 5) is 0. The Kier molecular flexibility index (Phi) is 5.84. The number of hydrogen-bond acceptors (Lipinski definition) is 1. The van der Waals surface area contributed by atoms with E-state index in [4.69, 9.17) is 0 Å². The Balaban J connectivity index is 2.83. The molecular weight excluding hydrogens is 314 g/mol. The lowest BCUT2D eigenvalue weighted by atomic mass is 9.99. The molecule has 0 heterocycles. The molecule has 108 valence electrons. The van der Waals surface area contributed by atoms with Crippen LogP contribution in [0.4, 0.5) is 0 Å². The van der Waals surface area contributed by atoms with E-state index in [-0.39, 0.29) is 5.54 Å². The maximum atomic E-state index is 3.67. The maximum Gasteiger partial charge on any atom is 0.0449 e. The predicted molar refractivity (Wildman–Crippen MR) is 92.8 cm³/mol. The van der Waals surface area contributed by atoms with Gasteiger partial charge >= 0.3 is 0 Å². The number of halogens is 1. The van der Waals surface area contributed by atoms with E-state index in [1.165, 1.54) is 11.6 Å². The van der Waals surface area contributed by atoms with E-state index in [1.807, 2.05) is 0 Å². The third-order valence-corrected chi connectivity index (χ3v) is 5.33. The zero-order valence-electron chi connectivity index (χ0n) is 13.2. The fourth-order valence-corrected chi connectivity index (χ4v) is 4.33. The third-order valence-electron chi connectivity index (χ3n) is 3.08. The molecule has 1 atom stereocenters. The summed E-state index contributed by atoms with van der Waals surface area (Å²) in [5, 5.41) is 3.67. The monoisotopic (exact) mass is 341 g/mol. The average Bonchev–Trinajstić information content (AvgIpc) is 2.23. The lowest BCUT2D eigenvalue weighted by Gasteiger charge is -2.29. The molecule has 0 radical (unpaired) electrons. The average molecular weight is 342 g/mol. The van der Waals surface area contributed by atoms with Gasteiger partial charge in [0.2, 0.25) is 0 Å². The van der Waals surface area contributed by atoms with Crippen molar-refractivity contribution in [3.63, 3.8) is 0 Å². The topological polar surface area (TPSA) is 12.0 Å². The van der Waals surface area contributed by atoms with Gasteiger partial charge in [-0.05, 0) is 50.4 Å². The van der Waals surface area contributed by atoms with Gasteiger partial charge < -0.3 is 5.32 Å². The molecule has 1 rings (SSSR count). The lowest BCUT2D eigenvalue weighted by molar-refractivity contribution is 0.411. The molecule has 0 fully saturated rings. The standard InChI is InChI=1S/C16H28BrNSi/c1-16(2,3)18-11-14(12-19(4,5)6)13-7-9-15(17)10-8-13/h7-10,14,18H,11-12H2,1-6H3. The van der Waals surface area contributed by atoms with Crippen LogP contribution in [0.1, 0.15) is 32.3 Å². The molecule has 0 amide bonds.